The number of carboxylic acids is 4. The van der Waals surface area contributed by atoms with E-state index in [1.54, 1.807) is 49.1 Å². The first-order chi connectivity index (χ1) is 14.8. The number of hydrogen-bond acceptors (Lipinski definition) is 12. The summed E-state index contributed by atoms with van der Waals surface area (Å²) in [4.78, 5) is 43.1. The Morgan fingerprint density at radius 1 is 0.588 bits per heavy atom. The molecule has 0 saturated carbocycles. The van der Waals surface area contributed by atoms with E-state index in [0.717, 1.165) is 38.8 Å². The third-order valence-corrected chi connectivity index (χ3v) is 1.86. The predicted molar refractivity (Wildman–Crippen MR) is 103 cm³/mol. The third-order valence-electron chi connectivity index (χ3n) is 1.86. The van der Waals surface area contributed by atoms with Crippen LogP contribution in [0.15, 0.2) is 49.1 Å². The predicted octanol–water partition coefficient (Wildman–Crippen LogP) is -3.83. The Hall–Kier alpha value is -2.65. The second-order valence-electron chi connectivity index (χ2n) is 4.99. The van der Waals surface area contributed by atoms with E-state index in [-0.39, 0.29) is 52.2 Å². The summed E-state index contributed by atoms with van der Waals surface area (Å²) in [6.07, 6.45) is 6.63. The van der Waals surface area contributed by atoms with E-state index in [0.29, 0.717) is 0 Å². The molecule has 0 atom stereocenters. The molecule has 0 unspecified atom stereocenters. The fourth-order valence-electron chi connectivity index (χ4n) is 0.976. The fourth-order valence-corrected chi connectivity index (χ4v) is 0.976. The number of pyridine rings is 2. The third kappa shape index (κ3) is 78.4. The number of hydrogen-bond donors (Lipinski definition) is 2. The molecule has 0 bridgehead atoms. The van der Waals surface area contributed by atoms with Gasteiger partial charge in [-0.05, 0) is 63.1 Å². The van der Waals surface area contributed by atoms with Crippen LogP contribution >= 0.6 is 0 Å². The van der Waals surface area contributed by atoms with E-state index in [1.165, 1.54) is 0 Å². The van der Waals surface area contributed by atoms with Crippen molar-refractivity contribution in [1.82, 2.24) is 9.97 Å². The van der Waals surface area contributed by atoms with Gasteiger partial charge in [0.15, 0.2) is 0 Å². The maximum atomic E-state index is 8.89. The number of carbonyl (C=O) groups excluding carboxylic acids is 4. The van der Waals surface area contributed by atoms with Crippen LogP contribution in [0.3, 0.4) is 0 Å². The van der Waals surface area contributed by atoms with Crippen LogP contribution in [-0.4, -0.2) is 44.1 Å². The molecule has 2 radical (unpaired) electrons. The van der Waals surface area contributed by atoms with Gasteiger partial charge in [-0.25, -0.2) is 0 Å². The molecule has 34 heavy (non-hydrogen) atoms. The van der Waals surface area contributed by atoms with E-state index in [4.69, 9.17) is 49.8 Å². The number of rotatable bonds is 2. The SMILES string of the molecule is CC(=O)[O-].CC(=O)[O-].CC(=O)[O-].CC(=O)[O-].OCc1ccncc1.OCc1ccncc1.[Rh+2].[Rh+2]. The number of carbonyl (C=O) groups is 4. The summed E-state index contributed by atoms with van der Waals surface area (Å²) in [6.45, 7) is 4.09. The Labute approximate surface area is 223 Å². The van der Waals surface area contributed by atoms with Crippen LogP contribution in [0.4, 0.5) is 0 Å². The van der Waals surface area contributed by atoms with Crippen molar-refractivity contribution in [3.05, 3.63) is 60.2 Å². The minimum Gasteiger partial charge on any atom is -0.550 e. The van der Waals surface area contributed by atoms with Gasteiger partial charge < -0.3 is 49.8 Å². The Bertz CT molecular complexity index is 633. The molecule has 194 valence electrons. The normalized spacial score (nSPS) is 7.24. The number of aliphatic hydroxyl groups excluding tert-OH is 2. The molecule has 0 aromatic carbocycles. The number of carboxylic acid groups (broad SMARTS) is 4. The van der Waals surface area contributed by atoms with Gasteiger partial charge in [-0.3, -0.25) is 9.97 Å². The zero-order chi connectivity index (χ0) is 25.9. The summed E-state index contributed by atoms with van der Waals surface area (Å²) in [5.41, 5.74) is 1.81. The van der Waals surface area contributed by atoms with Crippen molar-refractivity contribution in [3.8, 4) is 0 Å². The molecule has 0 fully saturated rings. The van der Waals surface area contributed by atoms with Gasteiger partial charge in [-0.15, -0.1) is 0 Å². The maximum absolute atomic E-state index is 8.89. The Morgan fingerprint density at radius 2 is 0.735 bits per heavy atom. The molecule has 0 aliphatic heterocycles. The van der Waals surface area contributed by atoms with Crippen molar-refractivity contribution >= 4 is 23.9 Å². The molecular formula is C20H26N2O10Rh2. The van der Waals surface area contributed by atoms with Gasteiger partial charge in [0, 0.05) is 48.7 Å². The van der Waals surface area contributed by atoms with Crippen molar-refractivity contribution in [3.63, 3.8) is 0 Å². The summed E-state index contributed by atoms with van der Waals surface area (Å²) >= 11 is 0. The minimum atomic E-state index is -1.08. The Kier molecular flexibility index (Phi) is 46.2. The fraction of sp³-hybridized carbons (Fsp3) is 0.300. The number of aliphatic carboxylic acids is 4. The summed E-state index contributed by atoms with van der Waals surface area (Å²) in [7, 11) is 0. The topological polar surface area (TPSA) is 227 Å². The number of aromatic nitrogens is 2. The van der Waals surface area contributed by atoms with Gasteiger partial charge in [0.25, 0.3) is 0 Å². The first kappa shape index (κ1) is 44.9. The van der Waals surface area contributed by atoms with Gasteiger partial charge in [-0.1, -0.05) is 0 Å². The first-order valence-electron chi connectivity index (χ1n) is 8.49. The number of aliphatic hydroxyl groups is 2. The van der Waals surface area contributed by atoms with Crippen molar-refractivity contribution in [2.24, 2.45) is 0 Å². The van der Waals surface area contributed by atoms with Gasteiger partial charge in [-0.2, -0.15) is 0 Å². The molecular weight excluding hydrogens is 634 g/mol. The van der Waals surface area contributed by atoms with E-state index < -0.39 is 23.9 Å². The monoisotopic (exact) mass is 660 g/mol. The summed E-state index contributed by atoms with van der Waals surface area (Å²) in [5, 5.41) is 52.6. The summed E-state index contributed by atoms with van der Waals surface area (Å²) in [6, 6.07) is 7.11. The van der Waals surface area contributed by atoms with E-state index in [2.05, 4.69) is 9.97 Å². The molecule has 2 aromatic heterocycles. The van der Waals surface area contributed by atoms with E-state index >= 15 is 0 Å². The van der Waals surface area contributed by atoms with Crippen molar-refractivity contribution in [2.75, 3.05) is 0 Å². The molecule has 0 spiro atoms. The quantitative estimate of drug-likeness (QED) is 0.296. The van der Waals surface area contributed by atoms with Crippen LogP contribution in [0.1, 0.15) is 38.8 Å². The molecule has 2 rings (SSSR count). The van der Waals surface area contributed by atoms with Crippen molar-refractivity contribution < 1.29 is 88.8 Å². The van der Waals surface area contributed by atoms with Gasteiger partial charge in [0.1, 0.15) is 0 Å². The maximum Gasteiger partial charge on any atom is 2.00 e. The van der Waals surface area contributed by atoms with Crippen molar-refractivity contribution in [2.45, 2.75) is 40.9 Å². The molecule has 14 heteroatoms. The molecule has 2 heterocycles. The molecule has 2 aromatic rings. The van der Waals surface area contributed by atoms with Crippen LogP contribution in [0.5, 0.6) is 0 Å². The van der Waals surface area contributed by atoms with Gasteiger partial charge in [0.05, 0.1) is 13.2 Å². The minimum absolute atomic E-state index is 0. The van der Waals surface area contributed by atoms with Crippen LogP contribution in [0.2, 0.25) is 0 Å². The second-order valence-corrected chi connectivity index (χ2v) is 4.99. The number of nitrogens with zero attached hydrogens (tertiary/aromatic N) is 2. The molecule has 12 nitrogen and oxygen atoms in total. The first-order valence-corrected chi connectivity index (χ1v) is 8.49. The standard InChI is InChI=1S/2C6H7NO.4C2H4O2.2Rh/c2*8-5-6-1-3-7-4-2-6;4*1-2(3)4;;/h2*1-4,8H,5H2;4*1H3,(H,3,4);;/q;;;;;;2*+2/p-4. The van der Waals surface area contributed by atoms with Gasteiger partial charge >= 0.3 is 39.0 Å². The average molecular weight is 660 g/mol. The Balaban J connectivity index is -0.0000000711. The second kappa shape index (κ2) is 34.9. The zero-order valence-corrected chi connectivity index (χ0v) is 22.0. The van der Waals surface area contributed by atoms with Crippen molar-refractivity contribution in [1.29, 1.82) is 0 Å². The molecule has 0 amide bonds. The van der Waals surface area contributed by atoms with E-state index in [9.17, 15) is 0 Å². The molecule has 0 aliphatic carbocycles. The largest absolute Gasteiger partial charge is 2.00 e. The smallest absolute Gasteiger partial charge is 0.550 e. The summed E-state index contributed by atoms with van der Waals surface area (Å²) < 4.78 is 0. The molecule has 0 saturated heterocycles. The Morgan fingerprint density at radius 3 is 0.824 bits per heavy atom. The molecule has 0 aliphatic rings. The van der Waals surface area contributed by atoms with Crippen LogP contribution < -0.4 is 20.4 Å². The summed E-state index contributed by atoms with van der Waals surface area (Å²) in [5.74, 6) is -4.33. The average Bonchev–Trinajstić information content (AvgIpc) is 2.68. The van der Waals surface area contributed by atoms with Crippen LogP contribution in [0, 0.1) is 0 Å². The molecule has 2 N–H and O–H groups in total. The zero-order valence-electron chi connectivity index (χ0n) is 18.8. The van der Waals surface area contributed by atoms with Crippen LogP contribution in [-0.2, 0) is 71.3 Å². The van der Waals surface area contributed by atoms with Crippen LogP contribution in [0.25, 0.3) is 0 Å². The van der Waals surface area contributed by atoms with E-state index in [1.807, 2.05) is 0 Å². The van der Waals surface area contributed by atoms with Gasteiger partial charge in [0.2, 0.25) is 0 Å².